The van der Waals surface area contributed by atoms with E-state index in [2.05, 4.69) is 10.3 Å². The van der Waals surface area contributed by atoms with Crippen molar-refractivity contribution in [1.29, 1.82) is 0 Å². The molecule has 2 aromatic rings. The highest BCUT2D eigenvalue weighted by Crippen LogP contribution is 2.34. The van der Waals surface area contributed by atoms with Gasteiger partial charge in [0.1, 0.15) is 5.75 Å². The Bertz CT molecular complexity index is 639. The Hall–Kier alpha value is -1.72. The molecule has 0 saturated carbocycles. The Labute approximate surface area is 123 Å². The molecule has 108 valence electrons. The number of fused-ring (bicyclic) bond motifs is 3. The van der Waals surface area contributed by atoms with Crippen LogP contribution in [0.15, 0.2) is 18.2 Å². The summed E-state index contributed by atoms with van der Waals surface area (Å²) in [6, 6.07) is 5.84. The van der Waals surface area contributed by atoms with Crippen molar-refractivity contribution in [2.24, 2.45) is 0 Å². The van der Waals surface area contributed by atoms with Crippen LogP contribution in [0.25, 0.3) is 10.9 Å². The monoisotopic (exact) mass is 296 g/mol. The number of methoxy groups -OCH3 is 2. The van der Waals surface area contributed by atoms with E-state index in [1.165, 1.54) is 7.11 Å². The van der Waals surface area contributed by atoms with Gasteiger partial charge in [0.2, 0.25) is 0 Å². The van der Waals surface area contributed by atoms with Crippen LogP contribution in [0.2, 0.25) is 0 Å². The molecule has 0 amide bonds. The first-order valence-electron chi connectivity index (χ1n) is 6.21. The van der Waals surface area contributed by atoms with Crippen molar-refractivity contribution < 1.29 is 14.3 Å². The Morgan fingerprint density at radius 2 is 2.15 bits per heavy atom. The second-order valence-corrected chi connectivity index (χ2v) is 4.64. The molecule has 20 heavy (non-hydrogen) atoms. The number of rotatable bonds is 2. The van der Waals surface area contributed by atoms with Gasteiger partial charge in [-0.15, -0.1) is 12.4 Å². The van der Waals surface area contributed by atoms with Crippen LogP contribution in [0, 0.1) is 0 Å². The van der Waals surface area contributed by atoms with Crippen molar-refractivity contribution in [3.63, 3.8) is 0 Å². The van der Waals surface area contributed by atoms with Crippen LogP contribution in [-0.2, 0) is 16.1 Å². The van der Waals surface area contributed by atoms with E-state index >= 15 is 0 Å². The van der Waals surface area contributed by atoms with Crippen molar-refractivity contribution in [2.75, 3.05) is 20.8 Å². The number of carbonyl (C=O) groups excluding carboxylic acids is 1. The normalized spacial score (nSPS) is 17.2. The molecule has 3 rings (SSSR count). The van der Waals surface area contributed by atoms with Gasteiger partial charge >= 0.3 is 5.97 Å². The third-order valence-electron chi connectivity index (χ3n) is 3.61. The molecule has 1 aromatic heterocycles. The van der Waals surface area contributed by atoms with Crippen molar-refractivity contribution >= 4 is 29.3 Å². The van der Waals surface area contributed by atoms with E-state index in [1.807, 2.05) is 18.2 Å². The molecular weight excluding hydrogens is 280 g/mol. The molecule has 1 aromatic carbocycles. The molecular formula is C14H17ClN2O3. The minimum atomic E-state index is -0.269. The van der Waals surface area contributed by atoms with Crippen LogP contribution < -0.4 is 10.1 Å². The number of hydrogen-bond donors (Lipinski definition) is 2. The Morgan fingerprint density at radius 3 is 2.85 bits per heavy atom. The van der Waals surface area contributed by atoms with Gasteiger partial charge in [0.15, 0.2) is 0 Å². The number of esters is 1. The zero-order valence-electron chi connectivity index (χ0n) is 11.4. The lowest BCUT2D eigenvalue weighted by Gasteiger charge is -2.21. The molecule has 2 N–H and O–H groups in total. The summed E-state index contributed by atoms with van der Waals surface area (Å²) in [4.78, 5) is 15.3. The average molecular weight is 297 g/mol. The standard InChI is InChI=1S/C14H16N2O3.ClH/c1-18-8-3-4-11-9(5-8)13-10(14(17)19-2)6-15-7-12(13)16-11;/h3-5,10,15-16H,6-7H2,1-2H3;1H. The predicted molar refractivity (Wildman–Crippen MR) is 78.6 cm³/mol. The summed E-state index contributed by atoms with van der Waals surface area (Å²) in [6.45, 7) is 1.34. The molecule has 1 atom stereocenters. The third kappa shape index (κ3) is 2.23. The van der Waals surface area contributed by atoms with Crippen molar-refractivity contribution in [1.82, 2.24) is 10.3 Å². The predicted octanol–water partition coefficient (Wildman–Crippen LogP) is 1.96. The van der Waals surface area contributed by atoms with E-state index in [9.17, 15) is 4.79 Å². The number of benzene rings is 1. The summed E-state index contributed by atoms with van der Waals surface area (Å²) in [5, 5.41) is 4.27. The molecule has 1 unspecified atom stereocenters. The number of nitrogens with one attached hydrogen (secondary N) is 2. The van der Waals surface area contributed by atoms with Crippen molar-refractivity contribution in [2.45, 2.75) is 12.5 Å². The zero-order chi connectivity index (χ0) is 13.4. The molecule has 0 saturated heterocycles. The maximum absolute atomic E-state index is 11.9. The van der Waals surface area contributed by atoms with Gasteiger partial charge in [0.05, 0.1) is 20.1 Å². The lowest BCUT2D eigenvalue weighted by molar-refractivity contribution is -0.142. The van der Waals surface area contributed by atoms with E-state index < -0.39 is 0 Å². The molecule has 5 nitrogen and oxygen atoms in total. The second kappa shape index (κ2) is 5.73. The maximum Gasteiger partial charge on any atom is 0.314 e. The molecule has 0 aliphatic carbocycles. The molecule has 2 heterocycles. The molecule has 1 aliphatic rings. The summed E-state index contributed by atoms with van der Waals surface area (Å²) in [5.74, 6) is 0.309. The van der Waals surface area contributed by atoms with Crippen LogP contribution in [0.1, 0.15) is 17.2 Å². The zero-order valence-corrected chi connectivity index (χ0v) is 12.2. The van der Waals surface area contributed by atoms with Gasteiger partial charge in [0.25, 0.3) is 0 Å². The number of carbonyl (C=O) groups is 1. The molecule has 6 heteroatoms. The highest BCUT2D eigenvalue weighted by molar-refractivity contribution is 5.92. The first-order chi connectivity index (χ1) is 9.24. The van der Waals surface area contributed by atoms with E-state index in [4.69, 9.17) is 9.47 Å². The van der Waals surface area contributed by atoms with Gasteiger partial charge in [-0.3, -0.25) is 4.79 Å². The average Bonchev–Trinajstić information content (AvgIpc) is 2.83. The van der Waals surface area contributed by atoms with Gasteiger partial charge in [-0.1, -0.05) is 0 Å². The number of hydrogen-bond acceptors (Lipinski definition) is 4. The largest absolute Gasteiger partial charge is 0.497 e. The Morgan fingerprint density at radius 1 is 1.35 bits per heavy atom. The van der Waals surface area contributed by atoms with Crippen molar-refractivity contribution in [3.8, 4) is 5.75 Å². The number of halogens is 1. The molecule has 1 aliphatic heterocycles. The summed E-state index contributed by atoms with van der Waals surface area (Å²) in [7, 11) is 3.06. The first kappa shape index (κ1) is 14.7. The van der Waals surface area contributed by atoms with Gasteiger partial charge in [-0.05, 0) is 23.8 Å². The number of aromatic nitrogens is 1. The minimum absolute atomic E-state index is 0. The lowest BCUT2D eigenvalue weighted by Crippen LogP contribution is -2.32. The Balaban J connectivity index is 0.00000147. The van der Waals surface area contributed by atoms with Crippen LogP contribution in [-0.4, -0.2) is 31.7 Å². The SMILES string of the molecule is COC(=O)C1CNCc2[nH]c3ccc(OC)cc3c21.Cl. The fourth-order valence-electron chi connectivity index (χ4n) is 2.70. The fourth-order valence-corrected chi connectivity index (χ4v) is 2.70. The maximum atomic E-state index is 11.9. The molecule has 0 bridgehead atoms. The Kier molecular flexibility index (Phi) is 4.20. The van der Waals surface area contributed by atoms with Gasteiger partial charge in [-0.25, -0.2) is 0 Å². The van der Waals surface area contributed by atoms with E-state index in [0.717, 1.165) is 34.5 Å². The summed E-state index contributed by atoms with van der Waals surface area (Å²) >= 11 is 0. The van der Waals surface area contributed by atoms with Gasteiger partial charge in [0, 0.05) is 29.7 Å². The summed E-state index contributed by atoms with van der Waals surface area (Å²) < 4.78 is 10.2. The van der Waals surface area contributed by atoms with Crippen LogP contribution in [0.3, 0.4) is 0 Å². The quantitative estimate of drug-likeness (QED) is 0.832. The van der Waals surface area contributed by atoms with Crippen LogP contribution >= 0.6 is 12.4 Å². The van der Waals surface area contributed by atoms with Gasteiger partial charge < -0.3 is 19.8 Å². The number of H-pyrrole nitrogens is 1. The summed E-state index contributed by atoms with van der Waals surface area (Å²) in [6.07, 6.45) is 0. The number of aromatic amines is 1. The number of ether oxygens (including phenoxy) is 2. The van der Waals surface area contributed by atoms with Gasteiger partial charge in [-0.2, -0.15) is 0 Å². The topological polar surface area (TPSA) is 63.3 Å². The highest BCUT2D eigenvalue weighted by atomic mass is 35.5. The molecule has 0 radical (unpaired) electrons. The lowest BCUT2D eigenvalue weighted by atomic mass is 9.93. The van der Waals surface area contributed by atoms with Crippen molar-refractivity contribution in [3.05, 3.63) is 29.5 Å². The fraction of sp³-hybridized carbons (Fsp3) is 0.357. The minimum Gasteiger partial charge on any atom is -0.497 e. The van der Waals surface area contributed by atoms with Crippen LogP contribution in [0.4, 0.5) is 0 Å². The van der Waals surface area contributed by atoms with E-state index in [0.29, 0.717) is 6.54 Å². The first-order valence-corrected chi connectivity index (χ1v) is 6.21. The highest BCUT2D eigenvalue weighted by Gasteiger charge is 2.30. The smallest absolute Gasteiger partial charge is 0.314 e. The summed E-state index contributed by atoms with van der Waals surface area (Å²) in [5.41, 5.74) is 3.09. The molecule has 0 fully saturated rings. The second-order valence-electron chi connectivity index (χ2n) is 4.64. The third-order valence-corrected chi connectivity index (χ3v) is 3.61. The molecule has 0 spiro atoms. The van der Waals surface area contributed by atoms with E-state index in [1.54, 1.807) is 7.11 Å². The van der Waals surface area contributed by atoms with Crippen LogP contribution in [0.5, 0.6) is 5.75 Å². The van der Waals surface area contributed by atoms with E-state index in [-0.39, 0.29) is 24.3 Å².